The van der Waals surface area contributed by atoms with Crippen molar-refractivity contribution in [1.29, 1.82) is 0 Å². The van der Waals surface area contributed by atoms with Crippen LogP contribution in [0.25, 0.3) is 0 Å². The third-order valence-corrected chi connectivity index (χ3v) is 5.20. The number of carbonyl (C=O) groups excluding carboxylic acids is 1. The van der Waals surface area contributed by atoms with Crippen LogP contribution in [0.2, 0.25) is 0 Å². The molecular weight excluding hydrogens is 334 g/mol. The quantitative estimate of drug-likeness (QED) is 0.892. The Morgan fingerprint density at radius 1 is 1.12 bits per heavy atom. The molecule has 1 fully saturated rings. The van der Waals surface area contributed by atoms with Crippen LogP contribution in [0.5, 0.6) is 5.75 Å². The Bertz CT molecular complexity index is 658. The van der Waals surface area contributed by atoms with Gasteiger partial charge in [0, 0.05) is 39.3 Å². The molecule has 2 heterocycles. The van der Waals surface area contributed by atoms with Crippen molar-refractivity contribution >= 4 is 17.4 Å². The van der Waals surface area contributed by atoms with Gasteiger partial charge in [0.05, 0.1) is 7.11 Å². The highest BCUT2D eigenvalue weighted by molar-refractivity contribution is 7.07. The van der Waals surface area contributed by atoms with E-state index in [0.29, 0.717) is 6.54 Å². The van der Waals surface area contributed by atoms with Gasteiger partial charge in [0.1, 0.15) is 5.75 Å². The fraction of sp³-hybridized carbons (Fsp3) is 0.421. The molecule has 134 valence electrons. The average Bonchev–Trinajstić information content (AvgIpc) is 3.04. The second-order valence-corrected chi connectivity index (χ2v) is 7.04. The van der Waals surface area contributed by atoms with Crippen molar-refractivity contribution < 1.29 is 9.53 Å². The third kappa shape index (κ3) is 5.21. The standard InChI is InChI=1S/C19H25N3O2S/c1-24-18-5-3-16(4-6-18)13-20-19(23)22-9-2-8-21(10-11-22)14-17-7-12-25-15-17/h3-7,12,15H,2,8-11,13-14H2,1H3,(H,20,23). The molecule has 1 saturated heterocycles. The molecule has 1 aliphatic rings. The summed E-state index contributed by atoms with van der Waals surface area (Å²) in [5.41, 5.74) is 2.44. The van der Waals surface area contributed by atoms with Crippen LogP contribution in [0.4, 0.5) is 4.79 Å². The van der Waals surface area contributed by atoms with E-state index in [1.54, 1.807) is 18.4 Å². The Labute approximate surface area is 153 Å². The number of carbonyl (C=O) groups is 1. The number of thiophene rings is 1. The second kappa shape index (κ2) is 8.87. The zero-order valence-electron chi connectivity index (χ0n) is 14.6. The molecule has 25 heavy (non-hydrogen) atoms. The summed E-state index contributed by atoms with van der Waals surface area (Å²) < 4.78 is 5.15. The maximum Gasteiger partial charge on any atom is 0.317 e. The minimum absolute atomic E-state index is 0.0215. The predicted molar refractivity (Wildman–Crippen MR) is 101 cm³/mol. The summed E-state index contributed by atoms with van der Waals surface area (Å²) in [5.74, 6) is 0.827. The smallest absolute Gasteiger partial charge is 0.317 e. The second-order valence-electron chi connectivity index (χ2n) is 6.26. The van der Waals surface area contributed by atoms with Gasteiger partial charge in [-0.2, -0.15) is 11.3 Å². The first-order valence-electron chi connectivity index (χ1n) is 8.64. The van der Waals surface area contributed by atoms with Crippen LogP contribution in [0.1, 0.15) is 17.5 Å². The fourth-order valence-corrected chi connectivity index (χ4v) is 3.67. The van der Waals surface area contributed by atoms with Gasteiger partial charge in [-0.3, -0.25) is 4.90 Å². The molecule has 3 rings (SSSR count). The molecule has 0 unspecified atom stereocenters. The first-order chi connectivity index (χ1) is 12.2. The van der Waals surface area contributed by atoms with E-state index in [9.17, 15) is 4.79 Å². The van der Waals surface area contributed by atoms with E-state index in [0.717, 1.165) is 50.5 Å². The monoisotopic (exact) mass is 359 g/mol. The molecule has 1 aromatic heterocycles. The van der Waals surface area contributed by atoms with Crippen molar-refractivity contribution in [1.82, 2.24) is 15.1 Å². The largest absolute Gasteiger partial charge is 0.497 e. The van der Waals surface area contributed by atoms with Gasteiger partial charge in [-0.25, -0.2) is 4.79 Å². The van der Waals surface area contributed by atoms with E-state index in [1.807, 2.05) is 29.2 Å². The van der Waals surface area contributed by atoms with Gasteiger partial charge in [-0.1, -0.05) is 12.1 Å². The van der Waals surface area contributed by atoms with Gasteiger partial charge < -0.3 is 15.0 Å². The highest BCUT2D eigenvalue weighted by Crippen LogP contribution is 2.13. The molecule has 0 bridgehead atoms. The molecule has 2 aromatic rings. The van der Waals surface area contributed by atoms with Crippen molar-refractivity contribution in [3.05, 3.63) is 52.2 Å². The number of nitrogens with one attached hydrogen (secondary N) is 1. The minimum Gasteiger partial charge on any atom is -0.497 e. The number of methoxy groups -OCH3 is 1. The molecule has 6 heteroatoms. The Kier molecular flexibility index (Phi) is 6.30. The minimum atomic E-state index is 0.0215. The SMILES string of the molecule is COc1ccc(CNC(=O)N2CCCN(Cc3ccsc3)CC2)cc1. The first-order valence-corrected chi connectivity index (χ1v) is 9.58. The van der Waals surface area contributed by atoms with Gasteiger partial charge in [0.2, 0.25) is 0 Å². The van der Waals surface area contributed by atoms with Crippen LogP contribution in [-0.4, -0.2) is 49.1 Å². The molecular formula is C19H25N3O2S. The number of benzene rings is 1. The third-order valence-electron chi connectivity index (χ3n) is 4.46. The van der Waals surface area contributed by atoms with Crippen LogP contribution in [0, 0.1) is 0 Å². The fourth-order valence-electron chi connectivity index (χ4n) is 3.01. The molecule has 0 saturated carbocycles. The summed E-state index contributed by atoms with van der Waals surface area (Å²) in [6, 6.07) is 9.97. The Morgan fingerprint density at radius 2 is 1.96 bits per heavy atom. The van der Waals surface area contributed by atoms with E-state index in [1.165, 1.54) is 5.56 Å². The number of hydrogen-bond donors (Lipinski definition) is 1. The maximum absolute atomic E-state index is 12.4. The molecule has 1 aliphatic heterocycles. The number of amides is 2. The summed E-state index contributed by atoms with van der Waals surface area (Å²) in [6.07, 6.45) is 1.01. The topological polar surface area (TPSA) is 44.8 Å². The van der Waals surface area contributed by atoms with Crippen molar-refractivity contribution in [3.63, 3.8) is 0 Å². The lowest BCUT2D eigenvalue weighted by atomic mass is 10.2. The van der Waals surface area contributed by atoms with Gasteiger partial charge in [-0.05, 0) is 46.5 Å². The maximum atomic E-state index is 12.4. The summed E-state index contributed by atoms with van der Waals surface area (Å²) in [4.78, 5) is 16.8. The van der Waals surface area contributed by atoms with Crippen molar-refractivity contribution in [3.8, 4) is 5.75 Å². The molecule has 2 amide bonds. The highest BCUT2D eigenvalue weighted by Gasteiger charge is 2.19. The number of rotatable bonds is 5. The molecule has 0 aliphatic carbocycles. The van der Waals surface area contributed by atoms with E-state index >= 15 is 0 Å². The van der Waals surface area contributed by atoms with Gasteiger partial charge in [0.15, 0.2) is 0 Å². The summed E-state index contributed by atoms with van der Waals surface area (Å²) in [5, 5.41) is 7.34. The molecule has 1 N–H and O–H groups in total. The number of nitrogens with zero attached hydrogens (tertiary/aromatic N) is 2. The van der Waals surface area contributed by atoms with E-state index < -0.39 is 0 Å². The van der Waals surface area contributed by atoms with Gasteiger partial charge in [0.25, 0.3) is 0 Å². The lowest BCUT2D eigenvalue weighted by molar-refractivity contribution is 0.197. The normalized spacial score (nSPS) is 15.6. The zero-order valence-corrected chi connectivity index (χ0v) is 15.4. The zero-order chi connectivity index (χ0) is 17.5. The van der Waals surface area contributed by atoms with Crippen LogP contribution in [0.15, 0.2) is 41.1 Å². The predicted octanol–water partition coefficient (Wildman–Crippen LogP) is 3.17. The highest BCUT2D eigenvalue weighted by atomic mass is 32.1. The van der Waals surface area contributed by atoms with Gasteiger partial charge in [-0.15, -0.1) is 0 Å². The molecule has 5 nitrogen and oxygen atoms in total. The van der Waals surface area contributed by atoms with Crippen LogP contribution < -0.4 is 10.1 Å². The Hall–Kier alpha value is -2.05. The lowest BCUT2D eigenvalue weighted by Crippen LogP contribution is -2.41. The number of urea groups is 1. The van der Waals surface area contributed by atoms with E-state index in [4.69, 9.17) is 4.74 Å². The van der Waals surface area contributed by atoms with Crippen molar-refractivity contribution in [2.24, 2.45) is 0 Å². The molecule has 0 spiro atoms. The summed E-state index contributed by atoms with van der Waals surface area (Å²) in [7, 11) is 1.65. The van der Waals surface area contributed by atoms with Crippen LogP contribution in [-0.2, 0) is 13.1 Å². The van der Waals surface area contributed by atoms with Crippen LogP contribution in [0.3, 0.4) is 0 Å². The first kappa shape index (κ1) is 17.8. The summed E-state index contributed by atoms with van der Waals surface area (Å²) in [6.45, 7) is 5.07. The number of hydrogen-bond acceptors (Lipinski definition) is 4. The van der Waals surface area contributed by atoms with Gasteiger partial charge >= 0.3 is 6.03 Å². The van der Waals surface area contributed by atoms with Crippen LogP contribution >= 0.6 is 11.3 Å². The van der Waals surface area contributed by atoms with Crippen molar-refractivity contribution in [2.45, 2.75) is 19.5 Å². The number of ether oxygens (including phenoxy) is 1. The molecule has 1 aromatic carbocycles. The Morgan fingerprint density at radius 3 is 2.68 bits per heavy atom. The lowest BCUT2D eigenvalue weighted by Gasteiger charge is -2.22. The molecule has 0 radical (unpaired) electrons. The van der Waals surface area contributed by atoms with E-state index in [2.05, 4.69) is 27.0 Å². The van der Waals surface area contributed by atoms with E-state index in [-0.39, 0.29) is 6.03 Å². The molecule has 0 atom stereocenters. The summed E-state index contributed by atoms with van der Waals surface area (Å²) >= 11 is 1.74. The average molecular weight is 359 g/mol. The Balaban J connectivity index is 1.45. The van der Waals surface area contributed by atoms with Crippen molar-refractivity contribution in [2.75, 3.05) is 33.3 Å².